The van der Waals surface area contributed by atoms with Gasteiger partial charge in [-0.3, -0.25) is 14.4 Å². The molecule has 11 heteroatoms. The third-order valence-electron chi connectivity index (χ3n) is 10.2. The van der Waals surface area contributed by atoms with Crippen LogP contribution in [0.2, 0.25) is 0 Å². The van der Waals surface area contributed by atoms with Gasteiger partial charge in [-0.1, -0.05) is 40.7 Å². The number of phenols is 1. The number of benzene rings is 1. The SMILES string of the molecule is COC(CCC(C)[C@H]1O[C@@]23C[C@H](OC(=O)C[C@H](C(C)O)OC(=O)C[C@](O)(O2)[C@H](C)CC3(C)C)[C@@H]1C)c1ccc(C(C)=O)c(O)c1. The highest BCUT2D eigenvalue weighted by Crippen LogP contribution is 2.57. The minimum atomic E-state index is -1.91. The van der Waals surface area contributed by atoms with Crippen molar-refractivity contribution in [3.8, 4) is 5.75 Å². The highest BCUT2D eigenvalue weighted by atomic mass is 16.8. The summed E-state index contributed by atoms with van der Waals surface area (Å²) in [6, 6.07) is 4.92. The van der Waals surface area contributed by atoms with E-state index in [-0.39, 0.29) is 47.9 Å². The number of cyclic esters (lactones) is 1. The Kier molecular flexibility index (Phi) is 10.4. The number of aromatic hydroxyl groups is 1. The number of Topliss-reactive ketones (excluding diaryl/α,β-unsaturated/α-hetero) is 1. The van der Waals surface area contributed by atoms with Crippen molar-refractivity contribution in [2.24, 2.45) is 23.2 Å². The highest BCUT2D eigenvalue weighted by Gasteiger charge is 2.64. The lowest BCUT2D eigenvalue weighted by Crippen LogP contribution is -2.68. The maximum atomic E-state index is 13.2. The van der Waals surface area contributed by atoms with Crippen LogP contribution in [0.5, 0.6) is 5.75 Å². The molecule has 0 saturated carbocycles. The van der Waals surface area contributed by atoms with Crippen LogP contribution in [0.3, 0.4) is 0 Å². The second kappa shape index (κ2) is 13.3. The van der Waals surface area contributed by atoms with Crippen molar-refractivity contribution < 1.29 is 53.4 Å². The smallest absolute Gasteiger partial charge is 0.311 e. The Hall–Kier alpha value is -2.57. The molecule has 3 saturated heterocycles. The number of ether oxygens (including phenoxy) is 5. The number of rotatable bonds is 8. The van der Waals surface area contributed by atoms with Gasteiger partial charge in [0.15, 0.2) is 17.4 Å². The standard InChI is InChI=1S/C34H50O11/c1-18(9-12-26(41-8)23-10-11-24(21(4)35)25(37)13-23)31-20(3)28-16-34(44-31)32(6,7)15-19(2)33(40,45-34)17-30(39)42-27(22(5)36)14-29(38)43-28/h10-11,13,18-20,22,26-28,31,36-37,40H,9,12,14-17H2,1-8H3/t18?,19-,20+,22?,26?,27-,28+,31-,33+,34+/m1/s1. The normalized spacial score (nSPS) is 35.6. The van der Waals surface area contributed by atoms with Gasteiger partial charge in [0.05, 0.1) is 36.7 Å². The molecule has 0 amide bonds. The quantitative estimate of drug-likeness (QED) is 0.271. The van der Waals surface area contributed by atoms with Gasteiger partial charge in [-0.2, -0.15) is 0 Å². The number of methoxy groups -OCH3 is 1. The zero-order chi connectivity index (χ0) is 33.5. The van der Waals surface area contributed by atoms with Crippen LogP contribution in [-0.2, 0) is 33.3 Å². The number of carbonyl (C=O) groups excluding carboxylic acids is 3. The van der Waals surface area contributed by atoms with Crippen LogP contribution in [0.4, 0.5) is 0 Å². The Bertz CT molecular complexity index is 1260. The van der Waals surface area contributed by atoms with Gasteiger partial charge < -0.3 is 39.0 Å². The molecule has 0 aliphatic carbocycles. The molecule has 11 nitrogen and oxygen atoms in total. The molecular weight excluding hydrogens is 584 g/mol. The summed E-state index contributed by atoms with van der Waals surface area (Å²) in [5, 5.41) is 32.4. The molecule has 0 radical (unpaired) electrons. The molecule has 3 fully saturated rings. The number of ketones is 1. The Labute approximate surface area is 265 Å². The minimum Gasteiger partial charge on any atom is -0.507 e. The zero-order valence-electron chi connectivity index (χ0n) is 27.7. The molecular formula is C34H50O11. The van der Waals surface area contributed by atoms with E-state index in [1.54, 1.807) is 25.3 Å². The van der Waals surface area contributed by atoms with E-state index in [0.29, 0.717) is 19.3 Å². The van der Waals surface area contributed by atoms with Gasteiger partial charge in [0.2, 0.25) is 0 Å². The lowest BCUT2D eigenvalue weighted by molar-refractivity contribution is -0.452. The first kappa shape index (κ1) is 35.3. The van der Waals surface area contributed by atoms with Gasteiger partial charge in [-0.25, -0.2) is 0 Å². The highest BCUT2D eigenvalue weighted by molar-refractivity contribution is 5.96. The first-order valence-electron chi connectivity index (χ1n) is 16.0. The predicted molar refractivity (Wildman–Crippen MR) is 162 cm³/mol. The summed E-state index contributed by atoms with van der Waals surface area (Å²) in [6.45, 7) is 12.6. The summed E-state index contributed by atoms with van der Waals surface area (Å²) in [5.41, 5.74) is 0.343. The fourth-order valence-corrected chi connectivity index (χ4v) is 7.29. The number of carbonyl (C=O) groups is 3. The van der Waals surface area contributed by atoms with Crippen LogP contribution in [0.25, 0.3) is 0 Å². The molecule has 3 aliphatic heterocycles. The van der Waals surface area contributed by atoms with Gasteiger partial charge in [0.1, 0.15) is 18.0 Å². The molecule has 4 rings (SSSR count). The molecule has 1 aromatic rings. The summed E-state index contributed by atoms with van der Waals surface area (Å²) < 4.78 is 30.7. The Balaban J connectivity index is 1.65. The first-order chi connectivity index (χ1) is 20.9. The third kappa shape index (κ3) is 7.22. The summed E-state index contributed by atoms with van der Waals surface area (Å²) >= 11 is 0. The van der Waals surface area contributed by atoms with Crippen LogP contribution in [0.15, 0.2) is 18.2 Å². The van der Waals surface area contributed by atoms with Crippen LogP contribution in [0.1, 0.15) is 109 Å². The van der Waals surface area contributed by atoms with Crippen LogP contribution < -0.4 is 0 Å². The average Bonchev–Trinajstić information content (AvgIpc) is 2.92. The number of aliphatic hydroxyl groups excluding tert-OH is 1. The molecule has 3 heterocycles. The number of fused-ring (bicyclic) bond motifs is 2. The Morgan fingerprint density at radius 3 is 2.38 bits per heavy atom. The number of esters is 2. The molecule has 3 aliphatic rings. The summed E-state index contributed by atoms with van der Waals surface area (Å²) in [4.78, 5) is 38.0. The van der Waals surface area contributed by atoms with Crippen molar-refractivity contribution in [3.05, 3.63) is 29.3 Å². The first-order valence-corrected chi connectivity index (χ1v) is 16.0. The molecule has 3 unspecified atom stereocenters. The second-order valence-corrected chi connectivity index (χ2v) is 14.1. The van der Waals surface area contributed by atoms with Crippen LogP contribution >= 0.6 is 0 Å². The van der Waals surface area contributed by atoms with E-state index in [0.717, 1.165) is 5.56 Å². The predicted octanol–water partition coefficient (Wildman–Crippen LogP) is 4.59. The van der Waals surface area contributed by atoms with Gasteiger partial charge >= 0.3 is 11.9 Å². The number of aliphatic hydroxyl groups is 2. The fourth-order valence-electron chi connectivity index (χ4n) is 7.29. The number of phenolic OH excluding ortho intramolecular Hbond substituents is 1. The molecule has 3 N–H and O–H groups in total. The fraction of sp³-hybridized carbons (Fsp3) is 0.735. The van der Waals surface area contributed by atoms with E-state index >= 15 is 0 Å². The molecule has 45 heavy (non-hydrogen) atoms. The van der Waals surface area contributed by atoms with Crippen molar-refractivity contribution in [3.63, 3.8) is 0 Å². The molecule has 1 spiro atoms. The minimum absolute atomic E-state index is 0.0980. The van der Waals surface area contributed by atoms with Gasteiger partial charge in [0.25, 0.3) is 0 Å². The molecule has 10 atom stereocenters. The Morgan fingerprint density at radius 2 is 1.78 bits per heavy atom. The zero-order valence-corrected chi connectivity index (χ0v) is 27.7. The molecule has 252 valence electrons. The van der Waals surface area contributed by atoms with Crippen molar-refractivity contribution >= 4 is 17.7 Å². The van der Waals surface area contributed by atoms with E-state index in [4.69, 9.17) is 23.7 Å². The molecule has 3 bridgehead atoms. The van der Waals surface area contributed by atoms with Gasteiger partial charge in [-0.15, -0.1) is 0 Å². The third-order valence-corrected chi connectivity index (χ3v) is 10.2. The van der Waals surface area contributed by atoms with Crippen molar-refractivity contribution in [1.82, 2.24) is 0 Å². The largest absolute Gasteiger partial charge is 0.507 e. The van der Waals surface area contributed by atoms with Crippen LogP contribution in [0, 0.1) is 23.2 Å². The van der Waals surface area contributed by atoms with Crippen molar-refractivity contribution in [1.29, 1.82) is 0 Å². The van der Waals surface area contributed by atoms with E-state index < -0.39 is 65.7 Å². The maximum absolute atomic E-state index is 13.2. The van der Waals surface area contributed by atoms with E-state index in [2.05, 4.69) is 0 Å². The summed E-state index contributed by atoms with van der Waals surface area (Å²) in [7, 11) is 1.59. The van der Waals surface area contributed by atoms with E-state index in [1.165, 1.54) is 13.8 Å². The maximum Gasteiger partial charge on any atom is 0.311 e. The lowest BCUT2D eigenvalue weighted by Gasteiger charge is -2.61. The number of hydrogen-bond acceptors (Lipinski definition) is 11. The number of hydrogen-bond donors (Lipinski definition) is 3. The van der Waals surface area contributed by atoms with E-state index in [1.807, 2.05) is 34.6 Å². The topological polar surface area (TPSA) is 158 Å². The monoisotopic (exact) mass is 634 g/mol. The van der Waals surface area contributed by atoms with E-state index in [9.17, 15) is 29.7 Å². The lowest BCUT2D eigenvalue weighted by atomic mass is 9.66. The average molecular weight is 635 g/mol. The van der Waals surface area contributed by atoms with Gasteiger partial charge in [0, 0.05) is 30.8 Å². The molecule has 1 aromatic carbocycles. The summed E-state index contributed by atoms with van der Waals surface area (Å²) in [6.07, 6.45) is -2.76. The second-order valence-electron chi connectivity index (χ2n) is 14.1. The van der Waals surface area contributed by atoms with Gasteiger partial charge in [-0.05, 0) is 56.7 Å². The van der Waals surface area contributed by atoms with Crippen LogP contribution in [-0.4, -0.2) is 76.1 Å². The molecule has 0 aromatic heterocycles. The summed E-state index contributed by atoms with van der Waals surface area (Å²) in [5.74, 6) is -5.85. The van der Waals surface area contributed by atoms with Crippen molar-refractivity contribution in [2.75, 3.05) is 7.11 Å². The van der Waals surface area contributed by atoms with Crippen molar-refractivity contribution in [2.45, 2.75) is 129 Å². The Morgan fingerprint density at radius 1 is 1.09 bits per heavy atom.